The van der Waals surface area contributed by atoms with E-state index in [9.17, 15) is 0 Å². The summed E-state index contributed by atoms with van der Waals surface area (Å²) in [7, 11) is 0. The Morgan fingerprint density at radius 2 is 1.82 bits per heavy atom. The van der Waals surface area contributed by atoms with Crippen LogP contribution in [-0.4, -0.2) is 0 Å². The molecule has 22 heavy (non-hydrogen) atoms. The van der Waals surface area contributed by atoms with Crippen LogP contribution in [0.5, 0.6) is 5.75 Å². The Labute approximate surface area is 133 Å². The van der Waals surface area contributed by atoms with Crippen LogP contribution in [0.2, 0.25) is 0 Å². The first-order valence-electron chi connectivity index (χ1n) is 8.22. The molecule has 0 bridgehead atoms. The van der Waals surface area contributed by atoms with E-state index in [0.717, 1.165) is 5.75 Å². The highest BCUT2D eigenvalue weighted by atomic mass is 16.5. The lowest BCUT2D eigenvalue weighted by atomic mass is 9.98. The fourth-order valence-corrected chi connectivity index (χ4v) is 2.98. The molecule has 0 fully saturated rings. The summed E-state index contributed by atoms with van der Waals surface area (Å²) in [5.41, 5.74) is 5.55. The summed E-state index contributed by atoms with van der Waals surface area (Å²) < 4.78 is 5.97. The van der Waals surface area contributed by atoms with Crippen LogP contribution in [0.3, 0.4) is 0 Å². The molecule has 0 radical (unpaired) electrons. The fraction of sp³-hybridized carbons (Fsp3) is 0.333. The van der Waals surface area contributed by atoms with E-state index < -0.39 is 0 Å². The Morgan fingerprint density at radius 1 is 1.00 bits per heavy atom. The smallest absolute Gasteiger partial charge is 0.120 e. The molecule has 1 heteroatoms. The van der Waals surface area contributed by atoms with Gasteiger partial charge in [-0.3, -0.25) is 0 Å². The maximum absolute atomic E-state index is 5.97. The second kappa shape index (κ2) is 6.83. The Morgan fingerprint density at radius 3 is 2.59 bits per heavy atom. The Bertz CT molecular complexity index is 653. The second-order valence-electron chi connectivity index (χ2n) is 6.36. The molecular weight excluding hydrogens is 268 g/mol. The van der Waals surface area contributed by atoms with Crippen molar-refractivity contribution in [1.29, 1.82) is 0 Å². The molecule has 0 spiro atoms. The van der Waals surface area contributed by atoms with Crippen LogP contribution >= 0.6 is 0 Å². The van der Waals surface area contributed by atoms with Crippen LogP contribution in [0.25, 0.3) is 6.08 Å². The maximum Gasteiger partial charge on any atom is 0.120 e. The van der Waals surface area contributed by atoms with Crippen molar-refractivity contribution < 1.29 is 4.74 Å². The summed E-state index contributed by atoms with van der Waals surface area (Å²) in [6.45, 7) is 5.19. The zero-order chi connectivity index (χ0) is 15.4. The third-order valence-electron chi connectivity index (χ3n) is 4.36. The highest BCUT2D eigenvalue weighted by Gasteiger charge is 2.12. The molecule has 0 unspecified atom stereocenters. The first kappa shape index (κ1) is 14.9. The van der Waals surface area contributed by atoms with Gasteiger partial charge in [0.25, 0.3) is 0 Å². The number of aryl methyl sites for hydroxylation is 1. The summed E-state index contributed by atoms with van der Waals surface area (Å²) in [4.78, 5) is 0. The normalized spacial score (nSPS) is 14.2. The van der Waals surface area contributed by atoms with Crippen molar-refractivity contribution in [3.05, 3.63) is 70.8 Å². The van der Waals surface area contributed by atoms with Gasteiger partial charge in [-0.25, -0.2) is 0 Å². The second-order valence-corrected chi connectivity index (χ2v) is 6.36. The lowest BCUT2D eigenvalue weighted by molar-refractivity contribution is 0.306. The van der Waals surface area contributed by atoms with E-state index in [2.05, 4.69) is 50.3 Å². The van der Waals surface area contributed by atoms with E-state index in [1.54, 1.807) is 5.57 Å². The van der Waals surface area contributed by atoms with Gasteiger partial charge < -0.3 is 4.74 Å². The Hall–Kier alpha value is -2.02. The highest BCUT2D eigenvalue weighted by molar-refractivity contribution is 5.60. The SMILES string of the molecule is CC(C)C1=Cc2cc(OCc3ccccc3)ccc2CCC1. The molecule has 1 aliphatic carbocycles. The predicted molar refractivity (Wildman–Crippen MR) is 93.0 cm³/mol. The van der Waals surface area contributed by atoms with Crippen LogP contribution in [-0.2, 0) is 13.0 Å². The van der Waals surface area contributed by atoms with E-state index in [-0.39, 0.29) is 0 Å². The molecule has 0 aliphatic heterocycles. The summed E-state index contributed by atoms with van der Waals surface area (Å²) >= 11 is 0. The molecule has 0 N–H and O–H groups in total. The van der Waals surface area contributed by atoms with E-state index in [1.165, 1.54) is 36.0 Å². The van der Waals surface area contributed by atoms with Gasteiger partial charge in [0.2, 0.25) is 0 Å². The molecule has 3 rings (SSSR count). The molecule has 0 heterocycles. The van der Waals surface area contributed by atoms with Gasteiger partial charge in [0.15, 0.2) is 0 Å². The fourth-order valence-electron chi connectivity index (χ4n) is 2.98. The summed E-state index contributed by atoms with van der Waals surface area (Å²) in [6, 6.07) is 16.9. The van der Waals surface area contributed by atoms with Crippen molar-refractivity contribution in [3.63, 3.8) is 0 Å². The Kier molecular flexibility index (Phi) is 4.62. The third-order valence-corrected chi connectivity index (χ3v) is 4.36. The molecule has 0 amide bonds. The molecule has 0 aromatic heterocycles. The van der Waals surface area contributed by atoms with Crippen molar-refractivity contribution in [3.8, 4) is 5.75 Å². The summed E-state index contributed by atoms with van der Waals surface area (Å²) in [5.74, 6) is 1.59. The number of benzene rings is 2. The molecule has 0 saturated heterocycles. The average molecular weight is 292 g/mol. The topological polar surface area (TPSA) is 9.23 Å². The monoisotopic (exact) mass is 292 g/mol. The summed E-state index contributed by atoms with van der Waals surface area (Å²) in [5, 5.41) is 0. The molecule has 1 nitrogen and oxygen atoms in total. The molecule has 114 valence electrons. The standard InChI is InChI=1S/C21H24O/c1-16(2)19-10-6-9-18-11-12-21(14-20(18)13-19)22-15-17-7-4-3-5-8-17/h3-5,7-8,11-14,16H,6,9-10,15H2,1-2H3. The minimum atomic E-state index is 0.625. The molecule has 1 aliphatic rings. The Balaban J connectivity index is 1.79. The minimum absolute atomic E-state index is 0.625. The summed E-state index contributed by atoms with van der Waals surface area (Å²) in [6.07, 6.45) is 6.01. The zero-order valence-electron chi connectivity index (χ0n) is 13.5. The van der Waals surface area contributed by atoms with Crippen LogP contribution in [0.4, 0.5) is 0 Å². The molecular formula is C21H24O. The van der Waals surface area contributed by atoms with E-state index in [4.69, 9.17) is 4.74 Å². The van der Waals surface area contributed by atoms with Crippen LogP contribution in [0.15, 0.2) is 54.1 Å². The highest BCUT2D eigenvalue weighted by Crippen LogP contribution is 2.29. The molecule has 2 aromatic carbocycles. The van der Waals surface area contributed by atoms with Gasteiger partial charge in [-0.05, 0) is 54.0 Å². The lowest BCUT2D eigenvalue weighted by Crippen LogP contribution is -1.96. The van der Waals surface area contributed by atoms with Gasteiger partial charge in [-0.15, -0.1) is 0 Å². The van der Waals surface area contributed by atoms with Gasteiger partial charge in [-0.2, -0.15) is 0 Å². The van der Waals surface area contributed by atoms with Crippen LogP contribution < -0.4 is 4.74 Å². The van der Waals surface area contributed by atoms with Crippen LogP contribution in [0.1, 0.15) is 43.4 Å². The van der Waals surface area contributed by atoms with E-state index in [0.29, 0.717) is 12.5 Å². The van der Waals surface area contributed by atoms with Gasteiger partial charge in [0.1, 0.15) is 12.4 Å². The average Bonchev–Trinajstić information content (AvgIpc) is 2.76. The largest absolute Gasteiger partial charge is 0.489 e. The van der Waals surface area contributed by atoms with Crippen molar-refractivity contribution in [1.82, 2.24) is 0 Å². The maximum atomic E-state index is 5.97. The van der Waals surface area contributed by atoms with E-state index in [1.807, 2.05) is 18.2 Å². The molecule has 0 saturated carbocycles. The van der Waals surface area contributed by atoms with Crippen molar-refractivity contribution in [2.45, 2.75) is 39.7 Å². The van der Waals surface area contributed by atoms with Gasteiger partial charge >= 0.3 is 0 Å². The number of rotatable bonds is 4. The molecule has 2 aromatic rings. The van der Waals surface area contributed by atoms with Crippen molar-refractivity contribution in [2.75, 3.05) is 0 Å². The third kappa shape index (κ3) is 3.59. The number of hydrogen-bond donors (Lipinski definition) is 0. The van der Waals surface area contributed by atoms with Gasteiger partial charge in [0.05, 0.1) is 0 Å². The van der Waals surface area contributed by atoms with Gasteiger partial charge in [0, 0.05) is 0 Å². The quantitative estimate of drug-likeness (QED) is 0.708. The predicted octanol–water partition coefficient (Wildman–Crippen LogP) is 5.64. The minimum Gasteiger partial charge on any atom is -0.489 e. The van der Waals surface area contributed by atoms with Crippen molar-refractivity contribution >= 4 is 6.08 Å². The zero-order valence-corrected chi connectivity index (χ0v) is 13.5. The number of ether oxygens (including phenoxy) is 1. The van der Waals surface area contributed by atoms with Crippen LogP contribution in [0, 0.1) is 5.92 Å². The number of hydrogen-bond acceptors (Lipinski definition) is 1. The first-order chi connectivity index (χ1) is 10.7. The number of allylic oxidation sites excluding steroid dienone is 1. The van der Waals surface area contributed by atoms with Gasteiger partial charge in [-0.1, -0.05) is 61.9 Å². The first-order valence-corrected chi connectivity index (χ1v) is 8.22. The van der Waals surface area contributed by atoms with Crippen molar-refractivity contribution in [2.24, 2.45) is 5.92 Å². The molecule has 0 atom stereocenters. The number of fused-ring (bicyclic) bond motifs is 1. The lowest BCUT2D eigenvalue weighted by Gasteiger charge is -2.10. The van der Waals surface area contributed by atoms with E-state index >= 15 is 0 Å².